The van der Waals surface area contributed by atoms with Crippen LogP contribution in [0.25, 0.3) is 11.4 Å². The second-order valence-corrected chi connectivity index (χ2v) is 6.36. The number of nitrogens with one attached hydrogen (secondary N) is 1. The highest BCUT2D eigenvalue weighted by atomic mass is 32.1. The largest absolute Gasteiger partial charge is 0.416 e. The molecule has 27 heavy (non-hydrogen) atoms. The number of hydrogen-bond acceptors (Lipinski definition) is 4. The van der Waals surface area contributed by atoms with Crippen molar-refractivity contribution < 1.29 is 13.2 Å². The summed E-state index contributed by atoms with van der Waals surface area (Å²) in [7, 11) is 3.89. The van der Waals surface area contributed by atoms with Crippen LogP contribution in [0, 0.1) is 4.77 Å². The summed E-state index contributed by atoms with van der Waals surface area (Å²) in [6.45, 7) is 0. The first-order valence-electron chi connectivity index (χ1n) is 7.92. The standard InChI is InChI=1S/C18H16F3N5S/c1-25(2)15-9-5-13(6-10-15)16-23-24-17(27)26(16)22-11-12-3-7-14(8-4-12)18(19,20)21/h3-11H,1-2H3,(H,24,27). The third kappa shape index (κ3) is 4.25. The fraction of sp³-hybridized carbons (Fsp3) is 0.167. The van der Waals surface area contributed by atoms with Crippen LogP contribution in [-0.4, -0.2) is 35.2 Å². The molecule has 9 heteroatoms. The molecule has 0 aliphatic carbocycles. The van der Waals surface area contributed by atoms with E-state index < -0.39 is 11.7 Å². The predicted octanol–water partition coefficient (Wildman–Crippen LogP) is 4.57. The fourth-order valence-corrected chi connectivity index (χ4v) is 2.56. The van der Waals surface area contributed by atoms with Crippen molar-refractivity contribution in [3.63, 3.8) is 0 Å². The van der Waals surface area contributed by atoms with E-state index in [9.17, 15) is 13.2 Å². The van der Waals surface area contributed by atoms with Gasteiger partial charge in [-0.25, -0.2) is 5.10 Å². The number of anilines is 1. The fourth-order valence-electron chi connectivity index (χ4n) is 2.38. The van der Waals surface area contributed by atoms with E-state index >= 15 is 0 Å². The third-order valence-electron chi connectivity index (χ3n) is 3.85. The van der Waals surface area contributed by atoms with Crippen molar-refractivity contribution >= 4 is 24.1 Å². The van der Waals surface area contributed by atoms with Crippen molar-refractivity contribution in [2.45, 2.75) is 6.18 Å². The first-order chi connectivity index (χ1) is 12.8. The number of benzene rings is 2. The Morgan fingerprint density at radius 2 is 1.70 bits per heavy atom. The Balaban J connectivity index is 1.89. The molecule has 0 aliphatic heterocycles. The number of alkyl halides is 3. The van der Waals surface area contributed by atoms with E-state index in [1.807, 2.05) is 43.3 Å². The highest BCUT2D eigenvalue weighted by molar-refractivity contribution is 7.71. The molecule has 0 bridgehead atoms. The molecule has 3 rings (SSSR count). The van der Waals surface area contributed by atoms with Crippen molar-refractivity contribution in [1.82, 2.24) is 14.9 Å². The van der Waals surface area contributed by atoms with Crippen LogP contribution in [0.1, 0.15) is 11.1 Å². The Morgan fingerprint density at radius 1 is 1.07 bits per heavy atom. The first-order valence-corrected chi connectivity index (χ1v) is 8.33. The summed E-state index contributed by atoms with van der Waals surface area (Å²) in [6, 6.07) is 12.4. The van der Waals surface area contributed by atoms with Gasteiger partial charge in [0, 0.05) is 25.3 Å². The topological polar surface area (TPSA) is 49.2 Å². The van der Waals surface area contributed by atoms with Gasteiger partial charge in [-0.05, 0) is 54.2 Å². The van der Waals surface area contributed by atoms with E-state index in [1.54, 1.807) is 0 Å². The Labute approximate surface area is 158 Å². The van der Waals surface area contributed by atoms with E-state index in [0.717, 1.165) is 23.4 Å². The minimum atomic E-state index is -4.37. The van der Waals surface area contributed by atoms with Crippen molar-refractivity contribution in [3.05, 3.63) is 64.4 Å². The maximum atomic E-state index is 12.6. The van der Waals surface area contributed by atoms with E-state index in [1.165, 1.54) is 23.0 Å². The maximum absolute atomic E-state index is 12.6. The smallest absolute Gasteiger partial charge is 0.378 e. The molecule has 0 atom stereocenters. The minimum absolute atomic E-state index is 0.282. The van der Waals surface area contributed by atoms with Gasteiger partial charge >= 0.3 is 6.18 Å². The molecule has 140 valence electrons. The van der Waals surface area contributed by atoms with Gasteiger partial charge in [-0.1, -0.05) is 12.1 Å². The molecule has 0 saturated heterocycles. The number of rotatable bonds is 4. The summed E-state index contributed by atoms with van der Waals surface area (Å²) in [5, 5.41) is 11.1. The van der Waals surface area contributed by atoms with Gasteiger partial charge < -0.3 is 4.90 Å². The molecular weight excluding hydrogens is 375 g/mol. The van der Waals surface area contributed by atoms with Gasteiger partial charge in [-0.3, -0.25) is 0 Å². The van der Waals surface area contributed by atoms with Crippen LogP contribution < -0.4 is 4.90 Å². The lowest BCUT2D eigenvalue weighted by Crippen LogP contribution is -2.08. The Bertz CT molecular complexity index is 999. The lowest BCUT2D eigenvalue weighted by molar-refractivity contribution is -0.137. The predicted molar refractivity (Wildman–Crippen MR) is 102 cm³/mol. The second-order valence-electron chi connectivity index (χ2n) is 5.97. The molecule has 0 radical (unpaired) electrons. The summed E-state index contributed by atoms with van der Waals surface area (Å²) in [4.78, 5) is 1.98. The Morgan fingerprint density at radius 3 is 2.26 bits per heavy atom. The van der Waals surface area contributed by atoms with Gasteiger partial charge in [0.2, 0.25) is 4.77 Å². The summed E-state index contributed by atoms with van der Waals surface area (Å²) in [5.74, 6) is 0.508. The molecule has 3 aromatic rings. The molecule has 0 amide bonds. The summed E-state index contributed by atoms with van der Waals surface area (Å²) >= 11 is 5.20. The molecule has 2 aromatic carbocycles. The van der Waals surface area contributed by atoms with Crippen molar-refractivity contribution in [3.8, 4) is 11.4 Å². The zero-order valence-corrected chi connectivity index (χ0v) is 15.3. The van der Waals surface area contributed by atoms with Crippen molar-refractivity contribution in [2.24, 2.45) is 5.10 Å². The normalized spacial score (nSPS) is 11.9. The number of aromatic nitrogens is 3. The SMILES string of the molecule is CN(C)c1ccc(-c2n[nH]c(=S)n2N=Cc2ccc(C(F)(F)F)cc2)cc1. The Hall–Kier alpha value is -2.94. The van der Waals surface area contributed by atoms with Crippen molar-refractivity contribution in [1.29, 1.82) is 0 Å². The molecular formula is C18H16F3N5S. The number of nitrogens with zero attached hydrogens (tertiary/aromatic N) is 4. The van der Waals surface area contributed by atoms with Crippen LogP contribution in [-0.2, 0) is 6.18 Å². The molecule has 1 N–H and O–H groups in total. The molecule has 0 fully saturated rings. The quantitative estimate of drug-likeness (QED) is 0.523. The number of hydrogen-bond donors (Lipinski definition) is 1. The first kappa shape index (κ1) is 18.8. The van der Waals surface area contributed by atoms with E-state index in [0.29, 0.717) is 11.4 Å². The van der Waals surface area contributed by atoms with Crippen LogP contribution in [0.3, 0.4) is 0 Å². The molecule has 0 aliphatic rings. The minimum Gasteiger partial charge on any atom is -0.378 e. The van der Waals surface area contributed by atoms with Gasteiger partial charge in [-0.2, -0.15) is 28.0 Å². The third-order valence-corrected chi connectivity index (χ3v) is 4.12. The summed E-state index contributed by atoms with van der Waals surface area (Å²) in [5.41, 5.74) is 1.64. The van der Waals surface area contributed by atoms with E-state index in [4.69, 9.17) is 12.2 Å². The summed E-state index contributed by atoms with van der Waals surface area (Å²) in [6.07, 6.45) is -2.93. The maximum Gasteiger partial charge on any atom is 0.416 e. The van der Waals surface area contributed by atoms with E-state index in [2.05, 4.69) is 15.3 Å². The number of H-pyrrole nitrogens is 1. The number of halogens is 3. The lowest BCUT2D eigenvalue weighted by Gasteiger charge is -2.12. The van der Waals surface area contributed by atoms with Gasteiger partial charge in [-0.15, -0.1) is 0 Å². The van der Waals surface area contributed by atoms with Gasteiger partial charge in [0.05, 0.1) is 11.8 Å². The van der Waals surface area contributed by atoms with Gasteiger partial charge in [0.15, 0.2) is 5.82 Å². The van der Waals surface area contributed by atoms with Crippen LogP contribution >= 0.6 is 12.2 Å². The zero-order valence-electron chi connectivity index (χ0n) is 14.5. The average Bonchev–Trinajstić information content (AvgIpc) is 3.00. The second kappa shape index (κ2) is 7.36. The van der Waals surface area contributed by atoms with Gasteiger partial charge in [0.25, 0.3) is 0 Å². The van der Waals surface area contributed by atoms with Crippen LogP contribution in [0.15, 0.2) is 53.6 Å². The molecule has 0 unspecified atom stereocenters. The Kier molecular flexibility index (Phi) is 5.13. The highest BCUT2D eigenvalue weighted by Crippen LogP contribution is 2.29. The monoisotopic (exact) mass is 391 g/mol. The zero-order chi connectivity index (χ0) is 19.6. The molecule has 5 nitrogen and oxygen atoms in total. The number of aromatic amines is 1. The lowest BCUT2D eigenvalue weighted by atomic mass is 10.1. The van der Waals surface area contributed by atoms with E-state index in [-0.39, 0.29) is 4.77 Å². The van der Waals surface area contributed by atoms with Crippen LogP contribution in [0.5, 0.6) is 0 Å². The molecule has 1 aromatic heterocycles. The molecule has 0 saturated carbocycles. The molecule has 0 spiro atoms. The van der Waals surface area contributed by atoms with Crippen LogP contribution in [0.2, 0.25) is 0 Å². The van der Waals surface area contributed by atoms with Gasteiger partial charge in [0.1, 0.15) is 0 Å². The molecule has 1 heterocycles. The van der Waals surface area contributed by atoms with Crippen LogP contribution in [0.4, 0.5) is 18.9 Å². The van der Waals surface area contributed by atoms with Crippen molar-refractivity contribution in [2.75, 3.05) is 19.0 Å². The summed E-state index contributed by atoms with van der Waals surface area (Å²) < 4.78 is 39.6. The highest BCUT2D eigenvalue weighted by Gasteiger charge is 2.29. The average molecular weight is 391 g/mol.